The molecular weight excluding hydrogens is 324 g/mol. The first-order valence-corrected chi connectivity index (χ1v) is 8.98. The van der Waals surface area contributed by atoms with Gasteiger partial charge in [-0.2, -0.15) is 0 Å². The van der Waals surface area contributed by atoms with E-state index in [2.05, 4.69) is 28.2 Å². The van der Waals surface area contributed by atoms with Gasteiger partial charge in [-0.25, -0.2) is 4.98 Å². The summed E-state index contributed by atoms with van der Waals surface area (Å²) in [7, 11) is 0. The number of pyridine rings is 1. The van der Waals surface area contributed by atoms with E-state index in [-0.39, 0.29) is 5.91 Å². The molecule has 130 valence electrons. The molecule has 1 aliphatic carbocycles. The van der Waals surface area contributed by atoms with Crippen molar-refractivity contribution in [3.05, 3.63) is 60.8 Å². The molecule has 0 N–H and O–H groups in total. The average Bonchev–Trinajstić information content (AvgIpc) is 3.31. The minimum atomic E-state index is -0.451. The molecule has 0 atom stereocenters. The van der Waals surface area contributed by atoms with E-state index in [1.807, 2.05) is 48.0 Å². The van der Waals surface area contributed by atoms with Crippen LogP contribution in [0.25, 0.3) is 16.9 Å². The van der Waals surface area contributed by atoms with Crippen molar-refractivity contribution in [2.75, 3.05) is 4.90 Å². The Hall–Kier alpha value is -2.95. The number of benzene rings is 1. The predicted molar refractivity (Wildman–Crippen MR) is 100 cm³/mol. The van der Waals surface area contributed by atoms with Crippen molar-refractivity contribution >= 4 is 11.6 Å². The van der Waals surface area contributed by atoms with Crippen LogP contribution in [-0.4, -0.2) is 26.5 Å². The summed E-state index contributed by atoms with van der Waals surface area (Å²) in [6.07, 6.45) is 9.57. The van der Waals surface area contributed by atoms with Crippen LogP contribution in [-0.2, 0) is 10.2 Å². The first-order chi connectivity index (χ1) is 12.6. The zero-order valence-corrected chi connectivity index (χ0v) is 14.9. The third-order valence-corrected chi connectivity index (χ3v) is 5.44. The van der Waals surface area contributed by atoms with Crippen LogP contribution in [0.15, 0.2) is 55.2 Å². The molecule has 5 nitrogen and oxygen atoms in total. The van der Waals surface area contributed by atoms with Crippen LogP contribution in [0.5, 0.6) is 0 Å². The van der Waals surface area contributed by atoms with Gasteiger partial charge in [0.25, 0.3) is 0 Å². The van der Waals surface area contributed by atoms with Gasteiger partial charge in [-0.1, -0.05) is 6.07 Å². The SMILES string of the molecule is CC1(C)C(=O)N(C2CC2)c2cc(-n3cnc(-c4ccncc4)c3)ccc21. The lowest BCUT2D eigenvalue weighted by molar-refractivity contribution is -0.122. The Bertz CT molecular complexity index is 1000. The maximum Gasteiger partial charge on any atom is 0.237 e. The maximum atomic E-state index is 12.9. The van der Waals surface area contributed by atoms with Crippen LogP contribution in [0, 0.1) is 0 Å². The predicted octanol–water partition coefficient (Wildman–Crippen LogP) is 3.72. The molecule has 0 saturated heterocycles. The molecule has 0 bridgehead atoms. The van der Waals surface area contributed by atoms with E-state index < -0.39 is 5.41 Å². The zero-order valence-electron chi connectivity index (χ0n) is 14.9. The van der Waals surface area contributed by atoms with Crippen molar-refractivity contribution in [2.24, 2.45) is 0 Å². The molecule has 1 aromatic carbocycles. The van der Waals surface area contributed by atoms with E-state index in [0.29, 0.717) is 6.04 Å². The first-order valence-electron chi connectivity index (χ1n) is 8.98. The molecule has 1 fully saturated rings. The van der Waals surface area contributed by atoms with Crippen molar-refractivity contribution in [1.82, 2.24) is 14.5 Å². The van der Waals surface area contributed by atoms with Crippen LogP contribution in [0.2, 0.25) is 0 Å². The summed E-state index contributed by atoms with van der Waals surface area (Å²) in [6, 6.07) is 10.6. The summed E-state index contributed by atoms with van der Waals surface area (Å²) in [6.45, 7) is 4.05. The molecule has 0 unspecified atom stereocenters. The molecule has 1 saturated carbocycles. The summed E-state index contributed by atoms with van der Waals surface area (Å²) in [5, 5.41) is 0. The lowest BCUT2D eigenvalue weighted by Gasteiger charge is -2.19. The molecule has 3 aromatic rings. The number of amides is 1. The van der Waals surface area contributed by atoms with Gasteiger partial charge >= 0.3 is 0 Å². The normalized spacial score (nSPS) is 18.2. The lowest BCUT2D eigenvalue weighted by atomic mass is 9.86. The molecule has 1 amide bonds. The van der Waals surface area contributed by atoms with E-state index in [4.69, 9.17) is 0 Å². The Balaban J connectivity index is 1.57. The van der Waals surface area contributed by atoms with Crippen LogP contribution in [0.4, 0.5) is 5.69 Å². The van der Waals surface area contributed by atoms with Crippen molar-refractivity contribution in [2.45, 2.75) is 38.1 Å². The second kappa shape index (κ2) is 5.27. The van der Waals surface area contributed by atoms with Gasteiger partial charge in [0.15, 0.2) is 0 Å². The summed E-state index contributed by atoms with van der Waals surface area (Å²) in [5.41, 5.74) is 4.69. The third kappa shape index (κ3) is 2.20. The van der Waals surface area contributed by atoms with E-state index in [1.165, 1.54) is 0 Å². The van der Waals surface area contributed by atoms with E-state index in [9.17, 15) is 4.79 Å². The van der Waals surface area contributed by atoms with Gasteiger partial charge in [0.2, 0.25) is 5.91 Å². The standard InChI is InChI=1S/C21H20N4O/c1-21(2)17-6-5-16(11-19(17)25(20(21)26)15-3-4-15)24-12-18(23-13-24)14-7-9-22-10-8-14/h5-13,15H,3-4H2,1-2H3. The molecule has 5 heteroatoms. The van der Waals surface area contributed by atoms with Gasteiger partial charge in [0.1, 0.15) is 0 Å². The number of hydrogen-bond donors (Lipinski definition) is 0. The average molecular weight is 344 g/mol. The highest BCUT2D eigenvalue weighted by Crippen LogP contribution is 2.47. The van der Waals surface area contributed by atoms with Gasteiger partial charge in [-0.15, -0.1) is 0 Å². The number of carbonyl (C=O) groups excluding carboxylic acids is 1. The second-order valence-corrected chi connectivity index (χ2v) is 7.63. The molecule has 3 heterocycles. The second-order valence-electron chi connectivity index (χ2n) is 7.63. The fourth-order valence-corrected chi connectivity index (χ4v) is 3.77. The van der Waals surface area contributed by atoms with Gasteiger partial charge in [-0.05, 0) is 56.5 Å². The van der Waals surface area contributed by atoms with Gasteiger partial charge in [0.05, 0.1) is 23.1 Å². The molecular formula is C21H20N4O. The lowest BCUT2D eigenvalue weighted by Crippen LogP contribution is -2.37. The van der Waals surface area contributed by atoms with E-state index >= 15 is 0 Å². The largest absolute Gasteiger partial charge is 0.308 e. The number of imidazole rings is 1. The maximum absolute atomic E-state index is 12.9. The van der Waals surface area contributed by atoms with Crippen molar-refractivity contribution in [3.8, 4) is 16.9 Å². The smallest absolute Gasteiger partial charge is 0.237 e. The van der Waals surface area contributed by atoms with Crippen molar-refractivity contribution < 1.29 is 4.79 Å². The summed E-state index contributed by atoms with van der Waals surface area (Å²) in [5.74, 6) is 0.218. The highest BCUT2D eigenvalue weighted by molar-refractivity contribution is 6.08. The highest BCUT2D eigenvalue weighted by atomic mass is 16.2. The van der Waals surface area contributed by atoms with Crippen LogP contribution in [0.1, 0.15) is 32.3 Å². The van der Waals surface area contributed by atoms with E-state index in [0.717, 1.165) is 41.0 Å². The Labute approximate surface area is 152 Å². The number of hydrogen-bond acceptors (Lipinski definition) is 3. The first kappa shape index (κ1) is 15.3. The molecule has 0 radical (unpaired) electrons. The van der Waals surface area contributed by atoms with Crippen molar-refractivity contribution in [1.29, 1.82) is 0 Å². The highest BCUT2D eigenvalue weighted by Gasteiger charge is 2.48. The Morgan fingerprint density at radius 3 is 2.62 bits per heavy atom. The third-order valence-electron chi connectivity index (χ3n) is 5.44. The molecule has 1 aliphatic heterocycles. The fraction of sp³-hybridized carbons (Fsp3) is 0.286. The quantitative estimate of drug-likeness (QED) is 0.727. The van der Waals surface area contributed by atoms with Crippen LogP contribution < -0.4 is 4.90 Å². The summed E-state index contributed by atoms with van der Waals surface area (Å²) >= 11 is 0. The van der Waals surface area contributed by atoms with Gasteiger partial charge in [0, 0.05) is 35.9 Å². The minimum absolute atomic E-state index is 0.218. The molecule has 2 aliphatic rings. The number of rotatable bonds is 3. The number of carbonyl (C=O) groups is 1. The number of anilines is 1. The van der Waals surface area contributed by atoms with Gasteiger partial charge in [-0.3, -0.25) is 9.78 Å². The van der Waals surface area contributed by atoms with Gasteiger partial charge < -0.3 is 9.47 Å². The fourth-order valence-electron chi connectivity index (χ4n) is 3.77. The Morgan fingerprint density at radius 2 is 1.88 bits per heavy atom. The van der Waals surface area contributed by atoms with Crippen LogP contribution >= 0.6 is 0 Å². The number of aromatic nitrogens is 3. The molecule has 26 heavy (non-hydrogen) atoms. The summed E-state index contributed by atoms with van der Waals surface area (Å²) < 4.78 is 2.01. The number of nitrogens with zero attached hydrogens (tertiary/aromatic N) is 4. The monoisotopic (exact) mass is 344 g/mol. The molecule has 0 spiro atoms. The Morgan fingerprint density at radius 1 is 1.12 bits per heavy atom. The summed E-state index contributed by atoms with van der Waals surface area (Å²) in [4.78, 5) is 23.5. The van der Waals surface area contributed by atoms with E-state index in [1.54, 1.807) is 12.4 Å². The minimum Gasteiger partial charge on any atom is -0.308 e. The number of fused-ring (bicyclic) bond motifs is 1. The Kier molecular flexibility index (Phi) is 3.11. The van der Waals surface area contributed by atoms with Crippen molar-refractivity contribution in [3.63, 3.8) is 0 Å². The molecule has 5 rings (SSSR count). The van der Waals surface area contributed by atoms with Crippen LogP contribution in [0.3, 0.4) is 0 Å². The molecule has 2 aromatic heterocycles. The zero-order chi connectivity index (χ0) is 17.9. The topological polar surface area (TPSA) is 51.0 Å².